The number of aryl methyl sites for hydroxylation is 1. The molecule has 13 heavy (non-hydrogen) atoms. The molecule has 0 saturated carbocycles. The molecule has 0 aliphatic carbocycles. The summed E-state index contributed by atoms with van der Waals surface area (Å²) in [5, 5.41) is 0. The number of Topliss-reactive ketones (excluding diaryl/α,β-unsaturated/α-hetero) is 2. The van der Waals surface area contributed by atoms with E-state index >= 15 is 0 Å². The molecule has 70 valence electrons. The van der Waals surface area contributed by atoms with E-state index in [0.29, 0.717) is 12.1 Å². The molecule has 0 spiro atoms. The van der Waals surface area contributed by atoms with Crippen LogP contribution in [0.3, 0.4) is 0 Å². The van der Waals surface area contributed by atoms with Crippen molar-refractivity contribution < 1.29 is 9.59 Å². The first-order valence-electron chi connectivity index (χ1n) is 4.16. The summed E-state index contributed by atoms with van der Waals surface area (Å²) < 4.78 is 1.68. The normalized spacial score (nSPS) is 10.0. The molecule has 4 nitrogen and oxygen atoms in total. The maximum Gasteiger partial charge on any atom is 0.190 e. The van der Waals surface area contributed by atoms with E-state index in [0.717, 1.165) is 0 Å². The molecular formula is C9H12N2O2. The van der Waals surface area contributed by atoms with E-state index in [-0.39, 0.29) is 18.0 Å². The summed E-state index contributed by atoms with van der Waals surface area (Å²) in [5.41, 5.74) is 0.365. The number of carbonyl (C=O) groups is 2. The van der Waals surface area contributed by atoms with Gasteiger partial charge in [-0.05, 0) is 0 Å². The summed E-state index contributed by atoms with van der Waals surface area (Å²) in [5.74, 6) is -0.247. The van der Waals surface area contributed by atoms with E-state index in [9.17, 15) is 9.59 Å². The van der Waals surface area contributed by atoms with Crippen molar-refractivity contribution in [2.75, 3.05) is 0 Å². The number of hydrogen-bond acceptors (Lipinski definition) is 3. The fourth-order valence-electron chi connectivity index (χ4n) is 0.951. The fourth-order valence-corrected chi connectivity index (χ4v) is 0.951. The van der Waals surface area contributed by atoms with E-state index in [2.05, 4.69) is 4.98 Å². The molecule has 0 atom stereocenters. The molecule has 0 saturated heterocycles. The molecule has 0 radical (unpaired) electrons. The molecule has 0 aromatic carbocycles. The summed E-state index contributed by atoms with van der Waals surface area (Å²) in [4.78, 5) is 26.1. The van der Waals surface area contributed by atoms with Gasteiger partial charge in [0.25, 0.3) is 0 Å². The van der Waals surface area contributed by atoms with Crippen LogP contribution in [-0.4, -0.2) is 21.1 Å². The van der Waals surface area contributed by atoms with Gasteiger partial charge in [0.05, 0.1) is 12.7 Å². The van der Waals surface area contributed by atoms with E-state index < -0.39 is 0 Å². The summed E-state index contributed by atoms with van der Waals surface area (Å²) in [6.45, 7) is 1.74. The lowest BCUT2D eigenvalue weighted by atomic mass is 10.1. The smallest absolute Gasteiger partial charge is 0.190 e. The van der Waals surface area contributed by atoms with Crippen molar-refractivity contribution in [1.29, 1.82) is 0 Å². The zero-order valence-electron chi connectivity index (χ0n) is 7.78. The molecule has 0 bridgehead atoms. The van der Waals surface area contributed by atoms with Crippen LogP contribution >= 0.6 is 0 Å². The predicted octanol–water partition coefficient (Wildman–Crippen LogP) is 0.972. The zero-order chi connectivity index (χ0) is 9.84. The lowest BCUT2D eigenvalue weighted by Crippen LogP contribution is -2.07. The van der Waals surface area contributed by atoms with Crippen molar-refractivity contribution in [3.63, 3.8) is 0 Å². The van der Waals surface area contributed by atoms with Gasteiger partial charge < -0.3 is 4.57 Å². The van der Waals surface area contributed by atoms with Crippen molar-refractivity contribution in [3.05, 3.63) is 18.2 Å². The van der Waals surface area contributed by atoms with Crippen molar-refractivity contribution in [3.8, 4) is 0 Å². The van der Waals surface area contributed by atoms with Crippen LogP contribution in [-0.2, 0) is 11.8 Å². The van der Waals surface area contributed by atoms with E-state index in [1.165, 1.54) is 0 Å². The van der Waals surface area contributed by atoms with Crippen molar-refractivity contribution in [2.45, 2.75) is 19.8 Å². The third kappa shape index (κ3) is 2.50. The van der Waals surface area contributed by atoms with Gasteiger partial charge in [-0.15, -0.1) is 0 Å². The summed E-state index contributed by atoms with van der Waals surface area (Å²) in [6.07, 6.45) is 3.53. The highest BCUT2D eigenvalue weighted by Crippen LogP contribution is 2.01. The Kier molecular flexibility index (Phi) is 2.95. The number of hydrogen-bond donors (Lipinski definition) is 0. The number of imidazole rings is 1. The van der Waals surface area contributed by atoms with Crippen LogP contribution in [0, 0.1) is 0 Å². The first-order chi connectivity index (χ1) is 6.13. The Balaban J connectivity index is 2.64. The van der Waals surface area contributed by atoms with Crippen LogP contribution < -0.4 is 0 Å². The Bertz CT molecular complexity index is 328. The summed E-state index contributed by atoms with van der Waals surface area (Å²) in [7, 11) is 1.78. The maximum absolute atomic E-state index is 11.3. The highest BCUT2D eigenvalue weighted by Gasteiger charge is 2.12. The molecule has 1 aromatic rings. The van der Waals surface area contributed by atoms with Crippen molar-refractivity contribution >= 4 is 11.6 Å². The van der Waals surface area contributed by atoms with Crippen LogP contribution in [0.1, 0.15) is 30.3 Å². The van der Waals surface area contributed by atoms with Crippen molar-refractivity contribution in [1.82, 2.24) is 9.55 Å². The number of rotatable bonds is 4. The lowest BCUT2D eigenvalue weighted by molar-refractivity contribution is -0.117. The molecule has 1 heterocycles. The molecule has 0 N–H and O–H groups in total. The minimum Gasteiger partial charge on any atom is -0.340 e. The number of ketones is 2. The third-order valence-corrected chi connectivity index (χ3v) is 1.74. The Hall–Kier alpha value is -1.45. The van der Waals surface area contributed by atoms with Gasteiger partial charge >= 0.3 is 0 Å². The van der Waals surface area contributed by atoms with Gasteiger partial charge in [0, 0.05) is 19.7 Å². The monoisotopic (exact) mass is 180 g/mol. The average Bonchev–Trinajstić information content (AvgIpc) is 2.51. The van der Waals surface area contributed by atoms with Gasteiger partial charge in [0.2, 0.25) is 0 Å². The van der Waals surface area contributed by atoms with Crippen LogP contribution in [0.25, 0.3) is 0 Å². The molecule has 1 rings (SSSR count). The molecule has 0 fully saturated rings. The van der Waals surface area contributed by atoms with Gasteiger partial charge in [-0.1, -0.05) is 6.92 Å². The average molecular weight is 180 g/mol. The Labute approximate surface area is 76.6 Å². The molecule has 1 aromatic heterocycles. The lowest BCUT2D eigenvalue weighted by Gasteiger charge is -1.93. The first-order valence-corrected chi connectivity index (χ1v) is 4.16. The summed E-state index contributed by atoms with van der Waals surface area (Å²) >= 11 is 0. The fraction of sp³-hybridized carbons (Fsp3) is 0.444. The van der Waals surface area contributed by atoms with Gasteiger partial charge in [-0.25, -0.2) is 4.98 Å². The van der Waals surface area contributed by atoms with Crippen LogP contribution in [0.15, 0.2) is 12.5 Å². The number of aromatic nitrogens is 2. The maximum atomic E-state index is 11.3. The van der Waals surface area contributed by atoms with E-state index in [4.69, 9.17) is 0 Å². The second-order valence-electron chi connectivity index (χ2n) is 2.92. The van der Waals surface area contributed by atoms with Gasteiger partial charge in [0.15, 0.2) is 5.78 Å². The first kappa shape index (κ1) is 9.64. The molecule has 0 amide bonds. The number of carbonyl (C=O) groups excluding carboxylic acids is 2. The molecule has 0 aliphatic heterocycles. The van der Waals surface area contributed by atoms with Gasteiger partial charge in [0.1, 0.15) is 11.5 Å². The minimum atomic E-state index is -0.201. The summed E-state index contributed by atoms with van der Waals surface area (Å²) in [6, 6.07) is 0. The largest absolute Gasteiger partial charge is 0.340 e. The predicted molar refractivity (Wildman–Crippen MR) is 47.5 cm³/mol. The SMILES string of the molecule is CCC(=O)CC(=O)c1cn(C)cn1. The Morgan fingerprint density at radius 2 is 2.23 bits per heavy atom. The minimum absolute atomic E-state index is 0.0342. The third-order valence-electron chi connectivity index (χ3n) is 1.74. The Morgan fingerprint density at radius 3 is 2.69 bits per heavy atom. The molecule has 4 heteroatoms. The van der Waals surface area contributed by atoms with Crippen molar-refractivity contribution in [2.24, 2.45) is 7.05 Å². The molecular weight excluding hydrogens is 168 g/mol. The zero-order valence-corrected chi connectivity index (χ0v) is 7.78. The standard InChI is InChI=1S/C9H12N2O2/c1-3-7(12)4-9(13)8-5-11(2)6-10-8/h5-6H,3-4H2,1-2H3. The quantitative estimate of drug-likeness (QED) is 0.512. The topological polar surface area (TPSA) is 52.0 Å². The van der Waals surface area contributed by atoms with Crippen LogP contribution in [0.5, 0.6) is 0 Å². The Morgan fingerprint density at radius 1 is 1.54 bits per heavy atom. The highest BCUT2D eigenvalue weighted by atomic mass is 16.1. The van der Waals surface area contributed by atoms with E-state index in [1.807, 2.05) is 0 Å². The second-order valence-corrected chi connectivity index (χ2v) is 2.92. The number of nitrogens with zero attached hydrogens (tertiary/aromatic N) is 2. The van der Waals surface area contributed by atoms with Gasteiger partial charge in [-0.2, -0.15) is 0 Å². The second kappa shape index (κ2) is 3.98. The van der Waals surface area contributed by atoms with Gasteiger partial charge in [-0.3, -0.25) is 9.59 Å². The molecule has 0 unspecified atom stereocenters. The van der Waals surface area contributed by atoms with Crippen LogP contribution in [0.2, 0.25) is 0 Å². The molecule has 0 aliphatic rings. The highest BCUT2D eigenvalue weighted by molar-refractivity contribution is 6.06. The van der Waals surface area contributed by atoms with Crippen LogP contribution in [0.4, 0.5) is 0 Å². The van der Waals surface area contributed by atoms with E-state index in [1.54, 1.807) is 31.1 Å².